The predicted molar refractivity (Wildman–Crippen MR) is 64.9 cm³/mol. The van der Waals surface area contributed by atoms with Crippen molar-refractivity contribution in [1.29, 1.82) is 0 Å². The van der Waals surface area contributed by atoms with Crippen molar-refractivity contribution in [3.8, 4) is 0 Å². The molecule has 1 saturated heterocycles. The van der Waals surface area contributed by atoms with Crippen molar-refractivity contribution in [1.82, 2.24) is 10.2 Å². The van der Waals surface area contributed by atoms with Crippen LogP contribution in [-0.4, -0.2) is 29.6 Å². The lowest BCUT2D eigenvalue weighted by Crippen LogP contribution is -2.43. The maximum absolute atomic E-state index is 12.1. The average Bonchev–Trinajstić information content (AvgIpc) is 2.81. The van der Waals surface area contributed by atoms with Gasteiger partial charge in [-0.15, -0.1) is 0 Å². The number of hydrogen-bond acceptors (Lipinski definition) is 2. The zero-order valence-electron chi connectivity index (χ0n) is 10.7. The zero-order chi connectivity index (χ0) is 11.7. The molecule has 2 rings (SSSR count). The lowest BCUT2D eigenvalue weighted by atomic mass is 10.1. The molecule has 1 saturated carbocycles. The fourth-order valence-corrected chi connectivity index (χ4v) is 3.03. The molecule has 92 valence electrons. The van der Waals surface area contributed by atoms with E-state index in [-0.39, 0.29) is 12.2 Å². The van der Waals surface area contributed by atoms with Gasteiger partial charge in [0.2, 0.25) is 5.91 Å². The van der Waals surface area contributed by atoms with E-state index in [1.54, 1.807) is 0 Å². The van der Waals surface area contributed by atoms with Crippen LogP contribution in [0.25, 0.3) is 0 Å². The van der Waals surface area contributed by atoms with Crippen LogP contribution in [0.15, 0.2) is 0 Å². The van der Waals surface area contributed by atoms with Crippen molar-refractivity contribution < 1.29 is 4.79 Å². The average molecular weight is 224 g/mol. The molecule has 1 aliphatic carbocycles. The van der Waals surface area contributed by atoms with Crippen LogP contribution in [0.1, 0.15) is 46.5 Å². The summed E-state index contributed by atoms with van der Waals surface area (Å²) in [7, 11) is 0. The van der Waals surface area contributed by atoms with Gasteiger partial charge in [0.15, 0.2) is 0 Å². The fourth-order valence-electron chi connectivity index (χ4n) is 3.03. The van der Waals surface area contributed by atoms with Gasteiger partial charge in [0.25, 0.3) is 0 Å². The standard InChI is InChI=1S/C13H24N2O/c1-9(2)12-14-10(3)13(16)15(12)8-11-6-4-5-7-11/h9-12,14H,4-8H2,1-3H3. The van der Waals surface area contributed by atoms with E-state index in [2.05, 4.69) is 24.1 Å². The molecule has 0 bridgehead atoms. The summed E-state index contributed by atoms with van der Waals surface area (Å²) in [5.74, 6) is 1.54. The van der Waals surface area contributed by atoms with Crippen molar-refractivity contribution in [2.24, 2.45) is 11.8 Å². The maximum atomic E-state index is 12.1. The van der Waals surface area contributed by atoms with Crippen molar-refractivity contribution in [2.75, 3.05) is 6.54 Å². The Bertz CT molecular complexity index is 259. The second-order valence-corrected chi connectivity index (χ2v) is 5.72. The van der Waals surface area contributed by atoms with E-state index in [9.17, 15) is 4.79 Å². The van der Waals surface area contributed by atoms with Crippen LogP contribution in [0.3, 0.4) is 0 Å². The van der Waals surface area contributed by atoms with Crippen LogP contribution in [0.4, 0.5) is 0 Å². The largest absolute Gasteiger partial charge is 0.325 e. The molecule has 1 aliphatic heterocycles. The number of nitrogens with zero attached hydrogens (tertiary/aromatic N) is 1. The molecule has 3 heteroatoms. The minimum atomic E-state index is 0.00815. The van der Waals surface area contributed by atoms with Crippen molar-refractivity contribution in [3.05, 3.63) is 0 Å². The number of carbonyl (C=O) groups is 1. The number of amides is 1. The van der Waals surface area contributed by atoms with Crippen molar-refractivity contribution in [3.63, 3.8) is 0 Å². The second kappa shape index (κ2) is 4.74. The van der Waals surface area contributed by atoms with Gasteiger partial charge in [-0.1, -0.05) is 26.7 Å². The Hall–Kier alpha value is -0.570. The van der Waals surface area contributed by atoms with Crippen LogP contribution < -0.4 is 5.32 Å². The molecule has 0 radical (unpaired) electrons. The number of rotatable bonds is 3. The third-order valence-corrected chi connectivity index (χ3v) is 3.97. The van der Waals surface area contributed by atoms with Gasteiger partial charge < -0.3 is 4.90 Å². The number of carbonyl (C=O) groups excluding carboxylic acids is 1. The SMILES string of the molecule is CC1NC(C(C)C)N(CC2CCCC2)C1=O. The fraction of sp³-hybridized carbons (Fsp3) is 0.923. The van der Waals surface area contributed by atoms with Crippen LogP contribution in [0.2, 0.25) is 0 Å². The molecule has 2 aliphatic rings. The molecular weight excluding hydrogens is 200 g/mol. The Morgan fingerprint density at radius 1 is 1.38 bits per heavy atom. The highest BCUT2D eigenvalue weighted by atomic mass is 16.2. The second-order valence-electron chi connectivity index (χ2n) is 5.72. The Balaban J connectivity index is 2.00. The highest BCUT2D eigenvalue weighted by Gasteiger charge is 2.38. The third-order valence-electron chi connectivity index (χ3n) is 3.97. The first-order valence-corrected chi connectivity index (χ1v) is 6.66. The van der Waals surface area contributed by atoms with E-state index in [4.69, 9.17) is 0 Å². The Kier molecular flexibility index (Phi) is 3.53. The van der Waals surface area contributed by atoms with Crippen LogP contribution in [-0.2, 0) is 4.79 Å². The Morgan fingerprint density at radius 2 is 2.00 bits per heavy atom. The molecule has 0 spiro atoms. The molecule has 2 unspecified atom stereocenters. The predicted octanol–water partition coefficient (Wildman–Crippen LogP) is 1.98. The summed E-state index contributed by atoms with van der Waals surface area (Å²) in [4.78, 5) is 14.2. The third kappa shape index (κ3) is 2.24. The summed E-state index contributed by atoms with van der Waals surface area (Å²) >= 11 is 0. The summed E-state index contributed by atoms with van der Waals surface area (Å²) < 4.78 is 0. The minimum Gasteiger partial charge on any atom is -0.325 e. The lowest BCUT2D eigenvalue weighted by molar-refractivity contribution is -0.130. The lowest BCUT2D eigenvalue weighted by Gasteiger charge is -2.29. The van der Waals surface area contributed by atoms with Gasteiger partial charge in [0, 0.05) is 6.54 Å². The summed E-state index contributed by atoms with van der Waals surface area (Å²) in [6.45, 7) is 7.32. The molecule has 1 heterocycles. The van der Waals surface area contributed by atoms with Crippen molar-refractivity contribution >= 4 is 5.91 Å². The molecule has 2 atom stereocenters. The first-order valence-electron chi connectivity index (χ1n) is 6.66. The smallest absolute Gasteiger partial charge is 0.240 e. The van der Waals surface area contributed by atoms with Gasteiger partial charge in [-0.2, -0.15) is 0 Å². The normalized spacial score (nSPS) is 32.0. The molecule has 3 nitrogen and oxygen atoms in total. The van der Waals surface area contributed by atoms with E-state index in [1.165, 1.54) is 25.7 Å². The zero-order valence-corrected chi connectivity index (χ0v) is 10.7. The Labute approximate surface area is 98.6 Å². The molecule has 1 amide bonds. The molecule has 0 aromatic carbocycles. The van der Waals surface area contributed by atoms with E-state index < -0.39 is 0 Å². The van der Waals surface area contributed by atoms with Gasteiger partial charge in [0.05, 0.1) is 12.2 Å². The maximum Gasteiger partial charge on any atom is 0.240 e. The number of nitrogens with one attached hydrogen (secondary N) is 1. The van der Waals surface area contributed by atoms with E-state index in [0.717, 1.165) is 12.5 Å². The summed E-state index contributed by atoms with van der Waals surface area (Å²) in [5.41, 5.74) is 0. The highest BCUT2D eigenvalue weighted by Crippen LogP contribution is 2.28. The van der Waals surface area contributed by atoms with Gasteiger partial charge in [-0.05, 0) is 31.6 Å². The van der Waals surface area contributed by atoms with Gasteiger partial charge in [0.1, 0.15) is 0 Å². The molecule has 1 N–H and O–H groups in total. The molecule has 0 aromatic rings. The first kappa shape index (κ1) is 11.9. The van der Waals surface area contributed by atoms with E-state index >= 15 is 0 Å². The van der Waals surface area contributed by atoms with E-state index in [1.807, 2.05) is 6.92 Å². The minimum absolute atomic E-state index is 0.00815. The van der Waals surface area contributed by atoms with E-state index in [0.29, 0.717) is 11.8 Å². The van der Waals surface area contributed by atoms with Crippen LogP contribution >= 0.6 is 0 Å². The molecular formula is C13H24N2O. The monoisotopic (exact) mass is 224 g/mol. The first-order chi connectivity index (χ1) is 7.59. The van der Waals surface area contributed by atoms with Crippen molar-refractivity contribution in [2.45, 2.75) is 58.7 Å². The molecule has 0 aromatic heterocycles. The molecule has 16 heavy (non-hydrogen) atoms. The summed E-state index contributed by atoms with van der Waals surface area (Å²) in [6, 6.07) is 0.00815. The van der Waals surface area contributed by atoms with Gasteiger partial charge in [-0.3, -0.25) is 10.1 Å². The quantitative estimate of drug-likeness (QED) is 0.795. The Morgan fingerprint density at radius 3 is 2.56 bits per heavy atom. The topological polar surface area (TPSA) is 32.3 Å². The van der Waals surface area contributed by atoms with Gasteiger partial charge >= 0.3 is 0 Å². The number of hydrogen-bond donors (Lipinski definition) is 1. The van der Waals surface area contributed by atoms with Gasteiger partial charge in [-0.25, -0.2) is 0 Å². The highest BCUT2D eigenvalue weighted by molar-refractivity contribution is 5.83. The summed E-state index contributed by atoms with van der Waals surface area (Å²) in [5, 5.41) is 3.40. The summed E-state index contributed by atoms with van der Waals surface area (Å²) in [6.07, 6.45) is 5.57. The molecule has 2 fully saturated rings. The van der Waals surface area contributed by atoms with Crippen LogP contribution in [0, 0.1) is 11.8 Å². The van der Waals surface area contributed by atoms with Crippen LogP contribution in [0.5, 0.6) is 0 Å².